The van der Waals surface area contributed by atoms with Crippen LogP contribution in [0.15, 0.2) is 36.8 Å². The van der Waals surface area contributed by atoms with Crippen molar-refractivity contribution in [1.82, 2.24) is 9.97 Å². The summed E-state index contributed by atoms with van der Waals surface area (Å²) in [6.45, 7) is 2.67. The fourth-order valence-corrected chi connectivity index (χ4v) is 1.87. The molecule has 1 aromatic carbocycles. The number of aromatic amines is 1. The zero-order valence-corrected chi connectivity index (χ0v) is 11.6. The molecule has 0 bridgehead atoms. The Labute approximate surface area is 118 Å². The lowest BCUT2D eigenvalue weighted by molar-refractivity contribution is -0.116. The average molecular weight is 272 g/mol. The van der Waals surface area contributed by atoms with E-state index in [9.17, 15) is 4.79 Å². The number of benzene rings is 1. The molecule has 2 rings (SSSR count). The lowest BCUT2D eigenvalue weighted by Gasteiger charge is -2.09. The van der Waals surface area contributed by atoms with Crippen LogP contribution < -0.4 is 11.1 Å². The summed E-state index contributed by atoms with van der Waals surface area (Å²) >= 11 is 0. The van der Waals surface area contributed by atoms with Gasteiger partial charge in [0.15, 0.2) is 0 Å². The van der Waals surface area contributed by atoms with Gasteiger partial charge in [-0.1, -0.05) is 19.1 Å². The summed E-state index contributed by atoms with van der Waals surface area (Å²) in [7, 11) is 0. The van der Waals surface area contributed by atoms with E-state index >= 15 is 0 Å². The molecule has 5 nitrogen and oxygen atoms in total. The van der Waals surface area contributed by atoms with Gasteiger partial charge in [0.2, 0.25) is 5.91 Å². The predicted octanol–water partition coefficient (Wildman–Crippen LogP) is 2.39. The van der Waals surface area contributed by atoms with Gasteiger partial charge in [-0.3, -0.25) is 4.79 Å². The summed E-state index contributed by atoms with van der Waals surface area (Å²) in [5, 5.41) is 2.89. The van der Waals surface area contributed by atoms with Gasteiger partial charge in [-0.25, -0.2) is 4.98 Å². The predicted molar refractivity (Wildman–Crippen MR) is 80.1 cm³/mol. The smallest absolute Gasteiger partial charge is 0.224 e. The fraction of sp³-hybridized carbons (Fsp3) is 0.333. The minimum Gasteiger partial charge on any atom is -0.345 e. The SMILES string of the molecule is CC(CN)CCC(=O)Nc1ccc(-c2cnc[nH]2)cc1. The second-order valence-corrected chi connectivity index (χ2v) is 4.97. The number of imidazole rings is 1. The van der Waals surface area contributed by atoms with Crippen LogP contribution in [0.2, 0.25) is 0 Å². The Kier molecular flexibility index (Phi) is 4.90. The lowest BCUT2D eigenvalue weighted by atomic mass is 10.1. The molecule has 20 heavy (non-hydrogen) atoms. The van der Waals surface area contributed by atoms with Gasteiger partial charge >= 0.3 is 0 Å². The van der Waals surface area contributed by atoms with E-state index < -0.39 is 0 Å². The molecule has 0 saturated carbocycles. The summed E-state index contributed by atoms with van der Waals surface area (Å²) < 4.78 is 0. The Morgan fingerprint density at radius 1 is 1.40 bits per heavy atom. The molecule has 0 saturated heterocycles. The number of H-pyrrole nitrogens is 1. The zero-order chi connectivity index (χ0) is 14.4. The Bertz CT molecular complexity index is 534. The first-order valence-electron chi connectivity index (χ1n) is 6.77. The third kappa shape index (κ3) is 3.93. The Hall–Kier alpha value is -2.14. The molecule has 1 amide bonds. The third-order valence-electron chi connectivity index (χ3n) is 3.24. The van der Waals surface area contributed by atoms with E-state index in [0.29, 0.717) is 18.9 Å². The molecule has 4 N–H and O–H groups in total. The van der Waals surface area contributed by atoms with E-state index in [-0.39, 0.29) is 5.91 Å². The van der Waals surface area contributed by atoms with Crippen LogP contribution in [-0.4, -0.2) is 22.4 Å². The van der Waals surface area contributed by atoms with Gasteiger partial charge in [0, 0.05) is 12.1 Å². The number of carbonyl (C=O) groups excluding carboxylic acids is 1. The van der Waals surface area contributed by atoms with Crippen LogP contribution in [0.25, 0.3) is 11.3 Å². The van der Waals surface area contributed by atoms with E-state index in [4.69, 9.17) is 5.73 Å². The third-order valence-corrected chi connectivity index (χ3v) is 3.24. The van der Waals surface area contributed by atoms with Gasteiger partial charge < -0.3 is 16.0 Å². The molecule has 1 atom stereocenters. The summed E-state index contributed by atoms with van der Waals surface area (Å²) in [6, 6.07) is 7.68. The normalized spacial score (nSPS) is 12.1. The van der Waals surface area contributed by atoms with Crippen molar-refractivity contribution in [3.63, 3.8) is 0 Å². The van der Waals surface area contributed by atoms with Gasteiger partial charge in [-0.2, -0.15) is 0 Å². The maximum Gasteiger partial charge on any atom is 0.224 e. The summed E-state index contributed by atoms with van der Waals surface area (Å²) in [5.74, 6) is 0.406. The number of nitrogens with two attached hydrogens (primary N) is 1. The van der Waals surface area contributed by atoms with Gasteiger partial charge in [-0.05, 0) is 36.6 Å². The van der Waals surface area contributed by atoms with Gasteiger partial charge in [-0.15, -0.1) is 0 Å². The Morgan fingerprint density at radius 3 is 2.75 bits per heavy atom. The van der Waals surface area contributed by atoms with E-state index in [1.807, 2.05) is 31.2 Å². The van der Waals surface area contributed by atoms with Crippen molar-refractivity contribution in [2.75, 3.05) is 11.9 Å². The number of aromatic nitrogens is 2. The minimum atomic E-state index is 0.0274. The largest absolute Gasteiger partial charge is 0.345 e. The van der Waals surface area contributed by atoms with Crippen LogP contribution in [0.5, 0.6) is 0 Å². The van der Waals surface area contributed by atoms with Crippen molar-refractivity contribution in [3.8, 4) is 11.3 Å². The quantitative estimate of drug-likeness (QED) is 0.755. The number of hydrogen-bond acceptors (Lipinski definition) is 3. The standard InChI is InChI=1S/C15H20N4O/c1-11(8-16)2-7-15(20)19-13-5-3-12(4-6-13)14-9-17-10-18-14/h3-6,9-11H,2,7-8,16H2,1H3,(H,17,18)(H,19,20). The molecule has 0 spiro atoms. The Morgan fingerprint density at radius 2 is 2.15 bits per heavy atom. The highest BCUT2D eigenvalue weighted by atomic mass is 16.1. The zero-order valence-electron chi connectivity index (χ0n) is 11.6. The van der Waals surface area contributed by atoms with Crippen molar-refractivity contribution < 1.29 is 4.79 Å². The number of rotatable bonds is 6. The molecular weight excluding hydrogens is 252 g/mol. The fourth-order valence-electron chi connectivity index (χ4n) is 1.87. The number of anilines is 1. The molecule has 5 heteroatoms. The highest BCUT2D eigenvalue weighted by Crippen LogP contribution is 2.19. The van der Waals surface area contributed by atoms with Crippen molar-refractivity contribution in [1.29, 1.82) is 0 Å². The Balaban J connectivity index is 1.89. The van der Waals surface area contributed by atoms with E-state index in [0.717, 1.165) is 23.4 Å². The van der Waals surface area contributed by atoms with Crippen LogP contribution in [-0.2, 0) is 4.79 Å². The van der Waals surface area contributed by atoms with E-state index in [1.54, 1.807) is 12.5 Å². The molecular formula is C15H20N4O. The number of carbonyl (C=O) groups is 1. The lowest BCUT2D eigenvalue weighted by Crippen LogP contribution is -2.16. The van der Waals surface area contributed by atoms with Crippen LogP contribution >= 0.6 is 0 Å². The van der Waals surface area contributed by atoms with Crippen molar-refractivity contribution in [2.24, 2.45) is 11.7 Å². The van der Waals surface area contributed by atoms with Crippen molar-refractivity contribution >= 4 is 11.6 Å². The maximum absolute atomic E-state index is 11.8. The molecule has 0 fully saturated rings. The van der Waals surface area contributed by atoms with Crippen LogP contribution in [0.1, 0.15) is 19.8 Å². The van der Waals surface area contributed by atoms with Crippen molar-refractivity contribution in [2.45, 2.75) is 19.8 Å². The van der Waals surface area contributed by atoms with Crippen LogP contribution in [0, 0.1) is 5.92 Å². The molecule has 0 aliphatic rings. The molecule has 1 unspecified atom stereocenters. The van der Waals surface area contributed by atoms with E-state index in [2.05, 4.69) is 15.3 Å². The first-order chi connectivity index (χ1) is 9.69. The summed E-state index contributed by atoms with van der Waals surface area (Å²) in [4.78, 5) is 18.8. The maximum atomic E-state index is 11.8. The molecule has 106 valence electrons. The van der Waals surface area contributed by atoms with Crippen LogP contribution in [0.4, 0.5) is 5.69 Å². The molecule has 0 aliphatic heterocycles. The molecule has 1 aromatic heterocycles. The molecule has 0 radical (unpaired) electrons. The summed E-state index contributed by atoms with van der Waals surface area (Å²) in [5.41, 5.74) is 8.34. The average Bonchev–Trinajstić information content (AvgIpc) is 2.99. The summed E-state index contributed by atoms with van der Waals surface area (Å²) in [6.07, 6.45) is 4.72. The van der Waals surface area contributed by atoms with Gasteiger partial charge in [0.1, 0.15) is 0 Å². The molecule has 0 aliphatic carbocycles. The van der Waals surface area contributed by atoms with Crippen LogP contribution in [0.3, 0.4) is 0 Å². The minimum absolute atomic E-state index is 0.0274. The number of hydrogen-bond donors (Lipinski definition) is 3. The number of nitrogens with one attached hydrogen (secondary N) is 2. The number of nitrogens with zero attached hydrogens (tertiary/aromatic N) is 1. The van der Waals surface area contributed by atoms with E-state index in [1.165, 1.54) is 0 Å². The highest BCUT2D eigenvalue weighted by molar-refractivity contribution is 5.90. The highest BCUT2D eigenvalue weighted by Gasteiger charge is 2.06. The molecule has 2 aromatic rings. The van der Waals surface area contributed by atoms with Crippen molar-refractivity contribution in [3.05, 3.63) is 36.8 Å². The second-order valence-electron chi connectivity index (χ2n) is 4.97. The second kappa shape index (κ2) is 6.86. The van der Waals surface area contributed by atoms with Gasteiger partial charge in [0.05, 0.1) is 18.2 Å². The first-order valence-corrected chi connectivity index (χ1v) is 6.77. The van der Waals surface area contributed by atoms with Gasteiger partial charge in [0.25, 0.3) is 0 Å². The first kappa shape index (κ1) is 14.3. The topological polar surface area (TPSA) is 83.8 Å². The monoisotopic (exact) mass is 272 g/mol. The number of amides is 1. The molecule has 1 heterocycles.